The molecule has 0 atom stereocenters. The molecular formula is C24H34N3O2+. The minimum atomic E-state index is -0.142. The number of benzene rings is 1. The van der Waals surface area contributed by atoms with Gasteiger partial charge in [-0.05, 0) is 29.5 Å². The molecule has 0 saturated carbocycles. The Morgan fingerprint density at radius 3 is 2.21 bits per heavy atom. The predicted octanol–water partition coefficient (Wildman–Crippen LogP) is 4.47. The second-order valence-electron chi connectivity index (χ2n) is 8.70. The fourth-order valence-electron chi connectivity index (χ4n) is 2.96. The van der Waals surface area contributed by atoms with Crippen LogP contribution < -0.4 is 15.2 Å². The second kappa shape index (κ2) is 10.7. The van der Waals surface area contributed by atoms with Crippen LogP contribution in [0.4, 0.5) is 5.69 Å². The van der Waals surface area contributed by atoms with Crippen LogP contribution in [0.1, 0.15) is 69.3 Å². The van der Waals surface area contributed by atoms with Gasteiger partial charge in [-0.2, -0.15) is 0 Å². The van der Waals surface area contributed by atoms with Gasteiger partial charge in [0.1, 0.15) is 6.54 Å². The number of rotatable bonds is 9. The van der Waals surface area contributed by atoms with E-state index in [0.29, 0.717) is 18.5 Å². The second-order valence-corrected chi connectivity index (χ2v) is 8.70. The highest BCUT2D eigenvalue weighted by Gasteiger charge is 2.15. The minimum Gasteiger partial charge on any atom is -0.352 e. The molecule has 2 N–H and O–H groups in total. The highest BCUT2D eigenvalue weighted by molar-refractivity contribution is 6.04. The monoisotopic (exact) mass is 396 g/mol. The number of aromatic nitrogens is 1. The first kappa shape index (κ1) is 22.6. The number of anilines is 1. The maximum absolute atomic E-state index is 12.5. The van der Waals surface area contributed by atoms with Gasteiger partial charge in [-0.25, -0.2) is 4.57 Å². The lowest BCUT2D eigenvalue weighted by molar-refractivity contribution is -0.697. The number of nitrogens with one attached hydrogen (secondary N) is 2. The molecule has 0 saturated heterocycles. The smallest absolute Gasteiger partial charge is 0.255 e. The third kappa shape index (κ3) is 8.46. The molecule has 0 aliphatic rings. The lowest BCUT2D eigenvalue weighted by Crippen LogP contribution is -2.32. The maximum atomic E-state index is 12.5. The lowest BCUT2D eigenvalue weighted by Gasteiger charge is -2.17. The highest BCUT2D eigenvalue weighted by atomic mass is 16.2. The zero-order valence-corrected chi connectivity index (χ0v) is 18.1. The van der Waals surface area contributed by atoms with Crippen molar-refractivity contribution in [2.75, 3.05) is 5.32 Å². The van der Waals surface area contributed by atoms with E-state index in [-0.39, 0.29) is 17.2 Å². The van der Waals surface area contributed by atoms with Gasteiger partial charge in [-0.15, -0.1) is 0 Å². The minimum absolute atomic E-state index is 0.0295. The van der Waals surface area contributed by atoms with Gasteiger partial charge < -0.3 is 10.6 Å². The molecule has 2 amide bonds. The van der Waals surface area contributed by atoms with Gasteiger partial charge >= 0.3 is 0 Å². The van der Waals surface area contributed by atoms with E-state index in [9.17, 15) is 9.59 Å². The summed E-state index contributed by atoms with van der Waals surface area (Å²) in [4.78, 5) is 24.4. The van der Waals surface area contributed by atoms with Gasteiger partial charge in [-0.3, -0.25) is 9.59 Å². The Balaban J connectivity index is 1.84. The summed E-state index contributed by atoms with van der Waals surface area (Å²) in [5.74, 6) is -0.104. The average molecular weight is 397 g/mol. The molecule has 0 fully saturated rings. The Labute approximate surface area is 174 Å². The van der Waals surface area contributed by atoms with Crippen LogP contribution in [0.2, 0.25) is 0 Å². The molecule has 2 rings (SSSR count). The molecule has 2 aromatic rings. The van der Waals surface area contributed by atoms with E-state index in [2.05, 4.69) is 22.1 Å². The van der Waals surface area contributed by atoms with E-state index in [0.717, 1.165) is 24.2 Å². The molecule has 0 unspecified atom stereocenters. The van der Waals surface area contributed by atoms with Crippen LogP contribution in [-0.2, 0) is 17.9 Å². The normalized spacial score (nSPS) is 11.2. The van der Waals surface area contributed by atoms with Gasteiger partial charge in [0.25, 0.3) is 5.91 Å². The maximum Gasteiger partial charge on any atom is 0.255 e. The molecule has 29 heavy (non-hydrogen) atoms. The van der Waals surface area contributed by atoms with Gasteiger partial charge in [0.05, 0.1) is 5.69 Å². The largest absolute Gasteiger partial charge is 0.352 e. The van der Waals surface area contributed by atoms with Crippen LogP contribution in [0.25, 0.3) is 0 Å². The molecule has 1 aromatic heterocycles. The van der Waals surface area contributed by atoms with Crippen molar-refractivity contribution in [3.8, 4) is 0 Å². The quantitative estimate of drug-likeness (QED) is 0.485. The number of unbranched alkanes of at least 4 members (excludes halogenated alkanes) is 2. The van der Waals surface area contributed by atoms with Gasteiger partial charge in [0.2, 0.25) is 5.91 Å². The summed E-state index contributed by atoms with van der Waals surface area (Å²) in [6.45, 7) is 9.78. The molecule has 1 heterocycles. The molecule has 0 bridgehead atoms. The van der Waals surface area contributed by atoms with E-state index in [1.807, 2.05) is 57.4 Å². The van der Waals surface area contributed by atoms with Crippen molar-refractivity contribution >= 4 is 17.5 Å². The summed E-state index contributed by atoms with van der Waals surface area (Å²) >= 11 is 0. The van der Waals surface area contributed by atoms with Crippen molar-refractivity contribution in [1.82, 2.24) is 5.32 Å². The van der Waals surface area contributed by atoms with Crippen molar-refractivity contribution in [3.63, 3.8) is 0 Å². The number of nitrogens with zero attached hydrogens (tertiary/aromatic N) is 1. The van der Waals surface area contributed by atoms with E-state index < -0.39 is 0 Å². The van der Waals surface area contributed by atoms with Gasteiger partial charge in [0, 0.05) is 37.1 Å². The summed E-state index contributed by atoms with van der Waals surface area (Å²) in [7, 11) is 0. The fourth-order valence-corrected chi connectivity index (χ4v) is 2.96. The lowest BCUT2D eigenvalue weighted by atomic mass is 9.92. The van der Waals surface area contributed by atoms with Crippen LogP contribution in [-0.4, -0.2) is 11.8 Å². The van der Waals surface area contributed by atoms with Crippen LogP contribution >= 0.6 is 0 Å². The van der Waals surface area contributed by atoms with Crippen LogP contribution in [0, 0.1) is 5.41 Å². The van der Waals surface area contributed by atoms with Crippen molar-refractivity contribution in [3.05, 3.63) is 59.9 Å². The van der Waals surface area contributed by atoms with Crippen LogP contribution in [0.5, 0.6) is 0 Å². The number of pyridine rings is 1. The van der Waals surface area contributed by atoms with Crippen molar-refractivity contribution in [1.29, 1.82) is 0 Å². The first-order chi connectivity index (χ1) is 13.8. The van der Waals surface area contributed by atoms with E-state index in [1.54, 1.807) is 12.1 Å². The number of carbonyl (C=O) groups excluding carboxylic acids is 2. The van der Waals surface area contributed by atoms with E-state index in [1.165, 1.54) is 12.8 Å². The molecule has 5 heteroatoms. The summed E-state index contributed by atoms with van der Waals surface area (Å²) in [5, 5.41) is 5.85. The zero-order valence-electron chi connectivity index (χ0n) is 18.1. The molecule has 1 aromatic carbocycles. The summed E-state index contributed by atoms with van der Waals surface area (Å²) < 4.78 is 2.13. The summed E-state index contributed by atoms with van der Waals surface area (Å²) in [6, 6.07) is 11.2. The fraction of sp³-hybridized carbons (Fsp3) is 0.458. The summed E-state index contributed by atoms with van der Waals surface area (Å²) in [6.07, 6.45) is 8.07. The third-order valence-corrected chi connectivity index (χ3v) is 4.57. The first-order valence-corrected chi connectivity index (χ1v) is 10.4. The molecular weight excluding hydrogens is 362 g/mol. The standard InChI is InChI=1S/C24H33N3O2/c1-5-6-7-14-27-15-12-21(13-16-27)26-23(29)20-10-8-19(9-11-20)18-25-22(28)17-24(2,3)4/h8-13,15-16H,5-7,14,17-18H2,1-4H3,(H,25,28)/p+1. The van der Waals surface area contributed by atoms with E-state index in [4.69, 9.17) is 0 Å². The number of hydrogen-bond donors (Lipinski definition) is 2. The number of carbonyl (C=O) groups is 2. The van der Waals surface area contributed by atoms with Crippen LogP contribution in [0.15, 0.2) is 48.8 Å². The number of aryl methyl sites for hydroxylation is 1. The van der Waals surface area contributed by atoms with Gasteiger partial charge in [-0.1, -0.05) is 46.2 Å². The zero-order chi connectivity index (χ0) is 21.3. The Bertz CT molecular complexity index is 790. The molecule has 0 aliphatic heterocycles. The predicted molar refractivity (Wildman–Crippen MR) is 116 cm³/mol. The Morgan fingerprint density at radius 2 is 1.62 bits per heavy atom. The van der Waals surface area contributed by atoms with Gasteiger partial charge in [0.15, 0.2) is 12.4 Å². The third-order valence-electron chi connectivity index (χ3n) is 4.57. The Kier molecular flexibility index (Phi) is 8.37. The highest BCUT2D eigenvalue weighted by Crippen LogP contribution is 2.18. The summed E-state index contributed by atoms with van der Waals surface area (Å²) in [5.41, 5.74) is 2.31. The molecule has 0 aliphatic carbocycles. The number of amides is 2. The van der Waals surface area contributed by atoms with Crippen molar-refractivity contribution in [2.24, 2.45) is 5.41 Å². The van der Waals surface area contributed by atoms with Crippen molar-refractivity contribution in [2.45, 2.75) is 66.5 Å². The molecule has 156 valence electrons. The molecule has 0 radical (unpaired) electrons. The van der Waals surface area contributed by atoms with Crippen molar-refractivity contribution < 1.29 is 14.2 Å². The number of hydrogen-bond acceptors (Lipinski definition) is 2. The topological polar surface area (TPSA) is 62.1 Å². The van der Waals surface area contributed by atoms with Crippen LogP contribution in [0.3, 0.4) is 0 Å². The van der Waals surface area contributed by atoms with E-state index >= 15 is 0 Å². The average Bonchev–Trinajstić information content (AvgIpc) is 2.67. The molecule has 5 nitrogen and oxygen atoms in total. The Morgan fingerprint density at radius 1 is 0.966 bits per heavy atom. The molecule has 0 spiro atoms. The Hall–Kier alpha value is -2.69. The SMILES string of the molecule is CCCCC[n+]1ccc(NC(=O)c2ccc(CNC(=O)CC(C)(C)C)cc2)cc1. The first-order valence-electron chi connectivity index (χ1n) is 10.4.